The Morgan fingerprint density at radius 1 is 1.38 bits per heavy atom. The molecule has 1 saturated heterocycles. The molecule has 0 aromatic carbocycles. The fraction of sp³-hybridized carbons (Fsp3) is 0.714. The number of nitrogen functional groups attached to an aromatic ring is 1. The topological polar surface area (TPSA) is 67.1 Å². The first-order valence-electron chi connectivity index (χ1n) is 4.35. The third-order valence-corrected chi connectivity index (χ3v) is 2.79. The predicted octanol–water partition coefficient (Wildman–Crippen LogP) is -0.475. The van der Waals surface area contributed by atoms with Crippen LogP contribution in [0, 0.1) is 0 Å². The molecule has 1 aliphatic heterocycles. The van der Waals surface area contributed by atoms with Gasteiger partial charge in [0.1, 0.15) is 5.01 Å². The molecule has 0 atom stereocenters. The van der Waals surface area contributed by atoms with Crippen molar-refractivity contribution in [2.45, 2.75) is 6.54 Å². The fourth-order valence-corrected chi connectivity index (χ4v) is 2.04. The Morgan fingerprint density at radius 2 is 2.15 bits per heavy atom. The van der Waals surface area contributed by atoms with Crippen LogP contribution in [0.1, 0.15) is 5.01 Å². The van der Waals surface area contributed by atoms with E-state index in [1.807, 2.05) is 0 Å². The molecule has 0 unspecified atom stereocenters. The minimum absolute atomic E-state index is 0.560. The fourth-order valence-electron chi connectivity index (χ4n) is 1.39. The summed E-state index contributed by atoms with van der Waals surface area (Å²) in [6.45, 7) is 5.18. The third-order valence-electron chi connectivity index (χ3n) is 2.05. The first kappa shape index (κ1) is 8.86. The Hall–Kier alpha value is -0.720. The molecule has 0 saturated carbocycles. The molecule has 0 bridgehead atoms. The lowest BCUT2D eigenvalue weighted by molar-refractivity contribution is 0.232. The Balaban J connectivity index is 1.89. The van der Waals surface area contributed by atoms with Gasteiger partial charge < -0.3 is 11.1 Å². The Bertz CT molecular complexity index is 268. The minimum atomic E-state index is 0.560. The van der Waals surface area contributed by atoms with Crippen LogP contribution in [0.5, 0.6) is 0 Å². The summed E-state index contributed by atoms with van der Waals surface area (Å²) in [5.41, 5.74) is 5.50. The Morgan fingerprint density at radius 3 is 2.77 bits per heavy atom. The van der Waals surface area contributed by atoms with Gasteiger partial charge in [-0.05, 0) is 0 Å². The molecule has 0 aliphatic carbocycles. The van der Waals surface area contributed by atoms with Crippen LogP contribution >= 0.6 is 11.3 Å². The molecule has 72 valence electrons. The van der Waals surface area contributed by atoms with E-state index < -0.39 is 0 Å². The van der Waals surface area contributed by atoms with Gasteiger partial charge in [0.05, 0.1) is 6.54 Å². The summed E-state index contributed by atoms with van der Waals surface area (Å²) in [6, 6.07) is 0. The van der Waals surface area contributed by atoms with Gasteiger partial charge in [0.2, 0.25) is 5.13 Å². The first-order valence-corrected chi connectivity index (χ1v) is 5.17. The van der Waals surface area contributed by atoms with E-state index in [-0.39, 0.29) is 0 Å². The van der Waals surface area contributed by atoms with Crippen LogP contribution in [0.4, 0.5) is 5.13 Å². The average Bonchev–Trinajstić information content (AvgIpc) is 2.53. The second-order valence-electron chi connectivity index (χ2n) is 3.06. The van der Waals surface area contributed by atoms with Crippen LogP contribution in [0.3, 0.4) is 0 Å². The molecule has 0 amide bonds. The first-order chi connectivity index (χ1) is 6.34. The van der Waals surface area contributed by atoms with Crippen molar-refractivity contribution in [1.82, 2.24) is 20.4 Å². The molecule has 2 rings (SSSR count). The normalized spacial score (nSPS) is 19.1. The van der Waals surface area contributed by atoms with E-state index in [0.717, 1.165) is 37.7 Å². The summed E-state index contributed by atoms with van der Waals surface area (Å²) >= 11 is 1.47. The van der Waals surface area contributed by atoms with Gasteiger partial charge in [-0.3, -0.25) is 4.90 Å². The summed E-state index contributed by atoms with van der Waals surface area (Å²) in [5.74, 6) is 0. The maximum atomic E-state index is 5.50. The number of nitrogens with zero attached hydrogens (tertiary/aromatic N) is 3. The zero-order valence-electron chi connectivity index (χ0n) is 7.36. The van der Waals surface area contributed by atoms with E-state index in [9.17, 15) is 0 Å². The summed E-state index contributed by atoms with van der Waals surface area (Å²) in [7, 11) is 0. The van der Waals surface area contributed by atoms with E-state index in [1.54, 1.807) is 0 Å². The zero-order valence-corrected chi connectivity index (χ0v) is 8.18. The second kappa shape index (κ2) is 3.99. The van der Waals surface area contributed by atoms with Crippen molar-refractivity contribution in [2.75, 3.05) is 31.9 Å². The van der Waals surface area contributed by atoms with Gasteiger partial charge in [-0.2, -0.15) is 0 Å². The number of rotatable bonds is 2. The highest BCUT2D eigenvalue weighted by Gasteiger charge is 2.11. The molecule has 3 N–H and O–H groups in total. The third kappa shape index (κ3) is 2.36. The summed E-state index contributed by atoms with van der Waals surface area (Å²) < 4.78 is 0. The van der Waals surface area contributed by atoms with E-state index in [0.29, 0.717) is 5.13 Å². The number of anilines is 1. The van der Waals surface area contributed by atoms with Gasteiger partial charge in [-0.15, -0.1) is 10.2 Å². The van der Waals surface area contributed by atoms with Crippen molar-refractivity contribution in [2.24, 2.45) is 0 Å². The average molecular weight is 199 g/mol. The maximum Gasteiger partial charge on any atom is 0.203 e. The smallest absolute Gasteiger partial charge is 0.203 e. The van der Waals surface area contributed by atoms with E-state index >= 15 is 0 Å². The number of hydrogen-bond acceptors (Lipinski definition) is 6. The van der Waals surface area contributed by atoms with Crippen LogP contribution < -0.4 is 11.1 Å². The van der Waals surface area contributed by atoms with Crippen LogP contribution in [-0.2, 0) is 6.54 Å². The van der Waals surface area contributed by atoms with Gasteiger partial charge in [-0.1, -0.05) is 11.3 Å². The quantitative estimate of drug-likeness (QED) is 0.674. The molecule has 6 heteroatoms. The van der Waals surface area contributed by atoms with Crippen LogP contribution in [0.25, 0.3) is 0 Å². The number of hydrogen-bond donors (Lipinski definition) is 2. The highest BCUT2D eigenvalue weighted by molar-refractivity contribution is 7.15. The highest BCUT2D eigenvalue weighted by atomic mass is 32.1. The van der Waals surface area contributed by atoms with Gasteiger partial charge >= 0.3 is 0 Å². The molecule has 2 heterocycles. The van der Waals surface area contributed by atoms with Crippen molar-refractivity contribution in [3.63, 3.8) is 0 Å². The minimum Gasteiger partial charge on any atom is -0.374 e. The molecule has 1 aromatic rings. The number of nitrogens with two attached hydrogens (primary N) is 1. The standard InChI is InChI=1S/C7H13N5S/c8-7-11-10-6(13-7)5-12-3-1-9-2-4-12/h9H,1-5H2,(H2,8,11). The Kier molecular flexibility index (Phi) is 2.72. The largest absolute Gasteiger partial charge is 0.374 e. The molecule has 5 nitrogen and oxygen atoms in total. The monoisotopic (exact) mass is 199 g/mol. The molecule has 0 radical (unpaired) electrons. The van der Waals surface area contributed by atoms with Crippen molar-refractivity contribution in [1.29, 1.82) is 0 Å². The molecular formula is C7H13N5S. The van der Waals surface area contributed by atoms with Gasteiger partial charge in [0, 0.05) is 26.2 Å². The van der Waals surface area contributed by atoms with Crippen LogP contribution in [0.15, 0.2) is 0 Å². The summed E-state index contributed by atoms with van der Waals surface area (Å²) in [5, 5.41) is 12.7. The van der Waals surface area contributed by atoms with Crippen molar-refractivity contribution < 1.29 is 0 Å². The zero-order chi connectivity index (χ0) is 9.10. The van der Waals surface area contributed by atoms with Gasteiger partial charge in [0.25, 0.3) is 0 Å². The summed E-state index contributed by atoms with van der Waals surface area (Å²) in [4.78, 5) is 2.36. The number of aromatic nitrogens is 2. The lowest BCUT2D eigenvalue weighted by Crippen LogP contribution is -2.42. The van der Waals surface area contributed by atoms with E-state index in [2.05, 4.69) is 20.4 Å². The maximum absolute atomic E-state index is 5.50. The van der Waals surface area contributed by atoms with Gasteiger partial charge in [0.15, 0.2) is 0 Å². The second-order valence-corrected chi connectivity index (χ2v) is 4.15. The molecule has 1 fully saturated rings. The lowest BCUT2D eigenvalue weighted by atomic mass is 10.4. The molecular weight excluding hydrogens is 186 g/mol. The SMILES string of the molecule is Nc1nnc(CN2CCNCC2)s1. The molecule has 0 spiro atoms. The van der Waals surface area contributed by atoms with Gasteiger partial charge in [-0.25, -0.2) is 0 Å². The molecule has 13 heavy (non-hydrogen) atoms. The highest BCUT2D eigenvalue weighted by Crippen LogP contribution is 2.13. The van der Waals surface area contributed by atoms with Crippen molar-refractivity contribution in [3.05, 3.63) is 5.01 Å². The number of piperazine rings is 1. The molecule has 1 aromatic heterocycles. The van der Waals surface area contributed by atoms with Crippen molar-refractivity contribution in [3.8, 4) is 0 Å². The molecule has 1 aliphatic rings. The van der Waals surface area contributed by atoms with E-state index in [4.69, 9.17) is 5.73 Å². The van der Waals surface area contributed by atoms with E-state index in [1.165, 1.54) is 11.3 Å². The van der Waals surface area contributed by atoms with Crippen LogP contribution in [-0.4, -0.2) is 41.3 Å². The van der Waals surface area contributed by atoms with Crippen LogP contribution in [0.2, 0.25) is 0 Å². The Labute approximate surface area is 80.9 Å². The summed E-state index contributed by atoms with van der Waals surface area (Å²) in [6.07, 6.45) is 0. The van der Waals surface area contributed by atoms with Crippen molar-refractivity contribution >= 4 is 16.5 Å². The number of nitrogens with one attached hydrogen (secondary N) is 1. The lowest BCUT2D eigenvalue weighted by Gasteiger charge is -2.25. The predicted molar refractivity (Wildman–Crippen MR) is 52.5 cm³/mol.